The number of aromatic nitrogens is 1. The molecule has 1 fully saturated rings. The summed E-state index contributed by atoms with van der Waals surface area (Å²) in [4.78, 5) is 14.6. The Kier molecular flexibility index (Phi) is 5.33. The van der Waals surface area contributed by atoms with Crippen molar-refractivity contribution in [2.45, 2.75) is 19.4 Å². The lowest BCUT2D eigenvalue weighted by Crippen LogP contribution is -2.41. The summed E-state index contributed by atoms with van der Waals surface area (Å²) in [6.07, 6.45) is 2.53. The fourth-order valence-corrected chi connectivity index (χ4v) is 3.17. The molecule has 1 unspecified atom stereocenters. The second kappa shape index (κ2) is 7.64. The van der Waals surface area contributed by atoms with Gasteiger partial charge in [-0.3, -0.25) is 9.69 Å². The Labute approximate surface area is 143 Å². The highest BCUT2D eigenvalue weighted by Crippen LogP contribution is 2.24. The highest BCUT2D eigenvalue weighted by atomic mass is 16.5. The fourth-order valence-electron chi connectivity index (χ4n) is 3.17. The van der Waals surface area contributed by atoms with E-state index in [4.69, 9.17) is 4.74 Å². The SMILES string of the molecule is Cc1ccccc1NC(=O)CCN1CCOCC1c1cccn1C. The summed E-state index contributed by atoms with van der Waals surface area (Å²) in [7, 11) is 2.05. The lowest BCUT2D eigenvalue weighted by Gasteiger charge is -2.35. The number of hydrogen-bond donors (Lipinski definition) is 1. The van der Waals surface area contributed by atoms with Gasteiger partial charge in [0.25, 0.3) is 0 Å². The number of benzene rings is 1. The molecule has 1 aromatic heterocycles. The number of amides is 1. The van der Waals surface area contributed by atoms with E-state index in [1.54, 1.807) is 0 Å². The normalized spacial score (nSPS) is 18.5. The zero-order valence-electron chi connectivity index (χ0n) is 14.4. The van der Waals surface area contributed by atoms with E-state index in [1.165, 1.54) is 5.69 Å². The highest BCUT2D eigenvalue weighted by molar-refractivity contribution is 5.91. The number of ether oxygens (including phenoxy) is 1. The highest BCUT2D eigenvalue weighted by Gasteiger charge is 2.26. The van der Waals surface area contributed by atoms with Crippen molar-refractivity contribution in [3.63, 3.8) is 0 Å². The monoisotopic (exact) mass is 327 g/mol. The molecule has 1 amide bonds. The molecular formula is C19H25N3O2. The van der Waals surface area contributed by atoms with Crippen LogP contribution in [-0.2, 0) is 16.6 Å². The smallest absolute Gasteiger partial charge is 0.225 e. The molecule has 24 heavy (non-hydrogen) atoms. The van der Waals surface area contributed by atoms with Crippen molar-refractivity contribution in [1.82, 2.24) is 9.47 Å². The van der Waals surface area contributed by atoms with Crippen LogP contribution in [-0.4, -0.2) is 41.7 Å². The number of carbonyl (C=O) groups excluding carboxylic acids is 1. The number of morpholine rings is 1. The van der Waals surface area contributed by atoms with Gasteiger partial charge in [-0.2, -0.15) is 0 Å². The number of nitrogens with zero attached hydrogens (tertiary/aromatic N) is 2. The summed E-state index contributed by atoms with van der Waals surface area (Å²) in [5.74, 6) is 0.0569. The minimum Gasteiger partial charge on any atom is -0.378 e. The molecule has 1 saturated heterocycles. The predicted molar refractivity (Wildman–Crippen MR) is 95.0 cm³/mol. The Morgan fingerprint density at radius 2 is 2.12 bits per heavy atom. The molecule has 0 radical (unpaired) electrons. The van der Waals surface area contributed by atoms with Gasteiger partial charge in [0.05, 0.1) is 19.3 Å². The lowest BCUT2D eigenvalue weighted by atomic mass is 10.1. The first-order valence-electron chi connectivity index (χ1n) is 8.43. The largest absolute Gasteiger partial charge is 0.378 e. The molecule has 0 bridgehead atoms. The molecule has 1 aromatic carbocycles. The number of para-hydroxylation sites is 1. The van der Waals surface area contributed by atoms with Crippen molar-refractivity contribution in [2.75, 3.05) is 31.6 Å². The van der Waals surface area contributed by atoms with Crippen LogP contribution >= 0.6 is 0 Å². The van der Waals surface area contributed by atoms with Crippen molar-refractivity contribution in [2.24, 2.45) is 7.05 Å². The number of carbonyl (C=O) groups is 1. The van der Waals surface area contributed by atoms with Gasteiger partial charge in [-0.05, 0) is 30.7 Å². The summed E-state index contributed by atoms with van der Waals surface area (Å²) in [5, 5.41) is 3.01. The van der Waals surface area contributed by atoms with E-state index in [0.717, 1.165) is 30.9 Å². The molecular weight excluding hydrogens is 302 g/mol. The Hall–Kier alpha value is -2.11. The van der Waals surface area contributed by atoms with Crippen LogP contribution in [0.5, 0.6) is 0 Å². The van der Waals surface area contributed by atoms with Gasteiger partial charge in [-0.1, -0.05) is 18.2 Å². The second-order valence-corrected chi connectivity index (χ2v) is 6.28. The fraction of sp³-hybridized carbons (Fsp3) is 0.421. The lowest BCUT2D eigenvalue weighted by molar-refractivity contribution is -0.117. The van der Waals surface area contributed by atoms with Crippen molar-refractivity contribution >= 4 is 11.6 Å². The first kappa shape index (κ1) is 16.7. The standard InChI is InChI=1S/C19H25N3O2/c1-15-6-3-4-7-16(15)20-19(23)9-11-22-12-13-24-14-18(22)17-8-5-10-21(17)2/h3-8,10,18H,9,11-14H2,1-2H3,(H,20,23). The van der Waals surface area contributed by atoms with Gasteiger partial charge in [0, 0.05) is 44.1 Å². The van der Waals surface area contributed by atoms with Crippen LogP contribution in [0.1, 0.15) is 23.7 Å². The Morgan fingerprint density at radius 1 is 1.29 bits per heavy atom. The minimum absolute atomic E-state index is 0.0569. The Balaban J connectivity index is 1.59. The third kappa shape index (κ3) is 3.86. The topological polar surface area (TPSA) is 46.5 Å². The minimum atomic E-state index is 0.0569. The van der Waals surface area contributed by atoms with Crippen LogP contribution < -0.4 is 5.32 Å². The molecule has 1 N–H and O–H groups in total. The van der Waals surface area contributed by atoms with Crippen LogP contribution in [0.2, 0.25) is 0 Å². The molecule has 5 nitrogen and oxygen atoms in total. The molecule has 0 aliphatic carbocycles. The molecule has 1 atom stereocenters. The van der Waals surface area contributed by atoms with E-state index in [1.807, 2.05) is 50.5 Å². The molecule has 2 heterocycles. The third-order valence-corrected chi connectivity index (χ3v) is 4.61. The predicted octanol–water partition coefficient (Wildman–Crippen LogP) is 2.74. The van der Waals surface area contributed by atoms with Gasteiger partial charge in [-0.25, -0.2) is 0 Å². The number of hydrogen-bond acceptors (Lipinski definition) is 3. The number of anilines is 1. The van der Waals surface area contributed by atoms with E-state index in [9.17, 15) is 4.79 Å². The molecule has 0 saturated carbocycles. The van der Waals surface area contributed by atoms with E-state index in [0.29, 0.717) is 13.0 Å². The van der Waals surface area contributed by atoms with Crippen LogP contribution in [0.15, 0.2) is 42.6 Å². The second-order valence-electron chi connectivity index (χ2n) is 6.28. The maximum absolute atomic E-state index is 12.3. The first-order valence-corrected chi connectivity index (χ1v) is 8.43. The third-order valence-electron chi connectivity index (χ3n) is 4.61. The molecule has 2 aromatic rings. The Morgan fingerprint density at radius 3 is 2.88 bits per heavy atom. The van der Waals surface area contributed by atoms with Gasteiger partial charge in [0.15, 0.2) is 0 Å². The maximum atomic E-state index is 12.3. The van der Waals surface area contributed by atoms with Gasteiger partial charge in [0.1, 0.15) is 0 Å². The van der Waals surface area contributed by atoms with Crippen LogP contribution in [0.3, 0.4) is 0 Å². The Bertz CT molecular complexity index is 695. The quantitative estimate of drug-likeness (QED) is 0.918. The van der Waals surface area contributed by atoms with E-state index in [-0.39, 0.29) is 11.9 Å². The van der Waals surface area contributed by atoms with Crippen LogP contribution in [0, 0.1) is 6.92 Å². The van der Waals surface area contributed by atoms with Gasteiger partial charge in [-0.15, -0.1) is 0 Å². The number of nitrogens with one attached hydrogen (secondary N) is 1. The zero-order valence-corrected chi connectivity index (χ0v) is 14.4. The van der Waals surface area contributed by atoms with Crippen molar-refractivity contribution in [1.29, 1.82) is 0 Å². The average molecular weight is 327 g/mol. The van der Waals surface area contributed by atoms with Gasteiger partial charge in [0.2, 0.25) is 5.91 Å². The molecule has 0 spiro atoms. The van der Waals surface area contributed by atoms with Crippen molar-refractivity contribution < 1.29 is 9.53 Å². The molecule has 1 aliphatic rings. The summed E-state index contributed by atoms with van der Waals surface area (Å²) in [6.45, 7) is 4.99. The summed E-state index contributed by atoms with van der Waals surface area (Å²) in [5.41, 5.74) is 3.20. The molecule has 5 heteroatoms. The zero-order chi connectivity index (χ0) is 16.9. The molecule has 128 valence electrons. The summed E-state index contributed by atoms with van der Waals surface area (Å²) < 4.78 is 7.78. The summed E-state index contributed by atoms with van der Waals surface area (Å²) in [6, 6.07) is 12.2. The van der Waals surface area contributed by atoms with E-state index >= 15 is 0 Å². The van der Waals surface area contributed by atoms with Crippen molar-refractivity contribution in [3.8, 4) is 0 Å². The van der Waals surface area contributed by atoms with Crippen molar-refractivity contribution in [3.05, 3.63) is 53.9 Å². The molecule has 3 rings (SSSR count). The average Bonchev–Trinajstić information content (AvgIpc) is 3.01. The number of aryl methyl sites for hydroxylation is 2. The maximum Gasteiger partial charge on any atom is 0.225 e. The van der Waals surface area contributed by atoms with Crippen LogP contribution in [0.25, 0.3) is 0 Å². The first-order chi connectivity index (χ1) is 11.6. The van der Waals surface area contributed by atoms with Crippen LogP contribution in [0.4, 0.5) is 5.69 Å². The molecule has 1 aliphatic heterocycles. The number of rotatable bonds is 5. The van der Waals surface area contributed by atoms with E-state index < -0.39 is 0 Å². The summed E-state index contributed by atoms with van der Waals surface area (Å²) >= 11 is 0. The van der Waals surface area contributed by atoms with Gasteiger partial charge >= 0.3 is 0 Å². The van der Waals surface area contributed by atoms with Gasteiger partial charge < -0.3 is 14.6 Å². The van der Waals surface area contributed by atoms with E-state index in [2.05, 4.69) is 20.9 Å².